The molecule has 0 bridgehead atoms. The van der Waals surface area contributed by atoms with E-state index in [1.54, 1.807) is 24.3 Å². The number of hydrogen-bond donors (Lipinski definition) is 0. The lowest BCUT2D eigenvalue weighted by molar-refractivity contribution is 0.435. The van der Waals surface area contributed by atoms with Gasteiger partial charge in [0.25, 0.3) is 0 Å². The monoisotopic (exact) mass is 284 g/mol. The molecule has 0 aliphatic heterocycles. The molecular weight excluding hydrogens is 274 g/mol. The first-order chi connectivity index (χ1) is 8.61. The molecule has 0 radical (unpaired) electrons. The topological polar surface area (TPSA) is 9.23 Å². The van der Waals surface area contributed by atoms with Crippen LogP contribution in [0.1, 0.15) is 11.1 Å². The first-order valence-electron chi connectivity index (χ1n) is 5.39. The van der Waals surface area contributed by atoms with Crippen molar-refractivity contribution in [3.63, 3.8) is 0 Å². The fourth-order valence-electron chi connectivity index (χ4n) is 1.57. The largest absolute Gasteiger partial charge is 0.454 e. The van der Waals surface area contributed by atoms with Crippen molar-refractivity contribution >= 4 is 23.2 Å². The summed E-state index contributed by atoms with van der Waals surface area (Å²) in [6, 6.07) is 9.90. The van der Waals surface area contributed by atoms with Gasteiger partial charge in [0.05, 0.1) is 5.88 Å². The second-order valence-electron chi connectivity index (χ2n) is 3.87. The Morgan fingerprint density at radius 1 is 1.22 bits per heavy atom. The molecule has 18 heavy (non-hydrogen) atoms. The van der Waals surface area contributed by atoms with Gasteiger partial charge in [-0.1, -0.05) is 29.8 Å². The lowest BCUT2D eigenvalue weighted by atomic mass is 10.2. The molecule has 2 rings (SSSR count). The Labute approximate surface area is 115 Å². The van der Waals surface area contributed by atoms with Crippen molar-refractivity contribution in [3.8, 4) is 11.5 Å². The molecule has 0 saturated carbocycles. The summed E-state index contributed by atoms with van der Waals surface area (Å²) in [4.78, 5) is 0. The van der Waals surface area contributed by atoms with E-state index in [0.29, 0.717) is 16.3 Å². The lowest BCUT2D eigenvalue weighted by Crippen LogP contribution is -1.95. The number of benzene rings is 2. The number of ether oxygens (including phenoxy) is 1. The molecule has 4 heteroatoms. The molecule has 94 valence electrons. The molecule has 0 amide bonds. The Morgan fingerprint density at radius 2 is 2.00 bits per heavy atom. The Bertz CT molecular complexity index is 570. The van der Waals surface area contributed by atoms with Crippen LogP contribution in [0.3, 0.4) is 0 Å². The highest BCUT2D eigenvalue weighted by molar-refractivity contribution is 6.30. The number of rotatable bonds is 3. The van der Waals surface area contributed by atoms with Crippen molar-refractivity contribution in [1.29, 1.82) is 0 Å². The average molecular weight is 285 g/mol. The summed E-state index contributed by atoms with van der Waals surface area (Å²) in [6.45, 7) is 1.87. The highest BCUT2D eigenvalue weighted by atomic mass is 35.5. The second-order valence-corrected chi connectivity index (χ2v) is 4.58. The van der Waals surface area contributed by atoms with E-state index in [2.05, 4.69) is 0 Å². The molecule has 0 N–H and O–H groups in total. The standard InChI is InChI=1S/C14H11Cl2FO/c1-9-5-6-11(16)7-13(9)18-14-10(8-15)3-2-4-12(14)17/h2-7H,8H2,1H3. The molecule has 0 aromatic heterocycles. The predicted octanol–water partition coefficient (Wildman–Crippen LogP) is 5.32. The van der Waals surface area contributed by atoms with Crippen molar-refractivity contribution < 1.29 is 9.13 Å². The molecule has 0 aliphatic carbocycles. The van der Waals surface area contributed by atoms with Crippen LogP contribution < -0.4 is 4.74 Å². The summed E-state index contributed by atoms with van der Waals surface area (Å²) < 4.78 is 19.3. The molecule has 2 aromatic rings. The Hall–Kier alpha value is -1.25. The maximum absolute atomic E-state index is 13.7. The van der Waals surface area contributed by atoms with Crippen LogP contribution in [0.2, 0.25) is 5.02 Å². The molecule has 0 unspecified atom stereocenters. The van der Waals surface area contributed by atoms with E-state index in [9.17, 15) is 4.39 Å². The third-order valence-electron chi connectivity index (χ3n) is 2.55. The fourth-order valence-corrected chi connectivity index (χ4v) is 1.94. The van der Waals surface area contributed by atoms with Gasteiger partial charge in [0.1, 0.15) is 5.75 Å². The van der Waals surface area contributed by atoms with Crippen LogP contribution in [0.15, 0.2) is 36.4 Å². The smallest absolute Gasteiger partial charge is 0.167 e. The molecule has 0 heterocycles. The maximum Gasteiger partial charge on any atom is 0.167 e. The first kappa shape index (κ1) is 13.2. The number of hydrogen-bond acceptors (Lipinski definition) is 1. The van der Waals surface area contributed by atoms with Crippen LogP contribution >= 0.6 is 23.2 Å². The number of alkyl halides is 1. The molecule has 0 spiro atoms. The van der Waals surface area contributed by atoms with E-state index in [-0.39, 0.29) is 11.6 Å². The van der Waals surface area contributed by atoms with Gasteiger partial charge >= 0.3 is 0 Å². The Kier molecular flexibility index (Phi) is 4.10. The van der Waals surface area contributed by atoms with Crippen LogP contribution in [-0.4, -0.2) is 0 Å². The van der Waals surface area contributed by atoms with Gasteiger partial charge in [-0.05, 0) is 30.7 Å². The number of para-hydroxylation sites is 1. The maximum atomic E-state index is 13.7. The van der Waals surface area contributed by atoms with Crippen molar-refractivity contribution in [2.45, 2.75) is 12.8 Å². The highest BCUT2D eigenvalue weighted by Gasteiger charge is 2.11. The lowest BCUT2D eigenvalue weighted by Gasteiger charge is -2.12. The summed E-state index contributed by atoms with van der Waals surface area (Å²) in [7, 11) is 0. The Morgan fingerprint density at radius 3 is 2.72 bits per heavy atom. The minimum Gasteiger partial charge on any atom is -0.454 e. The van der Waals surface area contributed by atoms with E-state index in [1.807, 2.05) is 13.0 Å². The van der Waals surface area contributed by atoms with Gasteiger partial charge in [-0.25, -0.2) is 4.39 Å². The van der Waals surface area contributed by atoms with Crippen molar-refractivity contribution in [2.24, 2.45) is 0 Å². The summed E-state index contributed by atoms with van der Waals surface area (Å²) >= 11 is 11.7. The van der Waals surface area contributed by atoms with Gasteiger partial charge in [-0.2, -0.15) is 0 Å². The molecule has 0 atom stereocenters. The third-order valence-corrected chi connectivity index (χ3v) is 3.08. The predicted molar refractivity (Wildman–Crippen MR) is 72.2 cm³/mol. The SMILES string of the molecule is Cc1ccc(Cl)cc1Oc1c(F)cccc1CCl. The quantitative estimate of drug-likeness (QED) is 0.693. The summed E-state index contributed by atoms with van der Waals surface area (Å²) in [5.74, 6) is 0.427. The van der Waals surface area contributed by atoms with E-state index in [0.717, 1.165) is 5.56 Å². The summed E-state index contributed by atoms with van der Waals surface area (Å²) in [5, 5.41) is 0.541. The minimum atomic E-state index is -0.437. The van der Waals surface area contributed by atoms with Crippen LogP contribution in [0.5, 0.6) is 11.5 Å². The van der Waals surface area contributed by atoms with Gasteiger partial charge in [-0.15, -0.1) is 11.6 Å². The van der Waals surface area contributed by atoms with Gasteiger partial charge in [0.15, 0.2) is 11.6 Å². The zero-order valence-corrected chi connectivity index (χ0v) is 11.2. The van der Waals surface area contributed by atoms with Crippen molar-refractivity contribution in [1.82, 2.24) is 0 Å². The molecule has 0 aliphatic rings. The van der Waals surface area contributed by atoms with Crippen molar-refractivity contribution in [2.75, 3.05) is 0 Å². The van der Waals surface area contributed by atoms with Crippen LogP contribution in [0, 0.1) is 12.7 Å². The van der Waals surface area contributed by atoms with Crippen LogP contribution in [0.25, 0.3) is 0 Å². The van der Waals surface area contributed by atoms with Crippen LogP contribution in [-0.2, 0) is 5.88 Å². The molecular formula is C14H11Cl2FO. The Balaban J connectivity index is 2.42. The zero-order chi connectivity index (χ0) is 13.1. The molecule has 0 saturated heterocycles. The third kappa shape index (κ3) is 2.77. The second kappa shape index (κ2) is 5.59. The van der Waals surface area contributed by atoms with E-state index in [1.165, 1.54) is 6.07 Å². The van der Waals surface area contributed by atoms with E-state index < -0.39 is 5.82 Å². The van der Waals surface area contributed by atoms with Crippen molar-refractivity contribution in [3.05, 3.63) is 58.4 Å². The van der Waals surface area contributed by atoms with Gasteiger partial charge in [0, 0.05) is 10.6 Å². The molecule has 0 fully saturated rings. The fraction of sp³-hybridized carbons (Fsp3) is 0.143. The van der Waals surface area contributed by atoms with Gasteiger partial charge < -0.3 is 4.74 Å². The van der Waals surface area contributed by atoms with E-state index in [4.69, 9.17) is 27.9 Å². The minimum absolute atomic E-state index is 0.151. The van der Waals surface area contributed by atoms with Gasteiger partial charge in [0.2, 0.25) is 0 Å². The van der Waals surface area contributed by atoms with Gasteiger partial charge in [-0.3, -0.25) is 0 Å². The van der Waals surface area contributed by atoms with Crippen LogP contribution in [0.4, 0.5) is 4.39 Å². The number of halogens is 3. The first-order valence-corrected chi connectivity index (χ1v) is 6.30. The molecule has 2 aromatic carbocycles. The highest BCUT2D eigenvalue weighted by Crippen LogP contribution is 2.32. The van der Waals surface area contributed by atoms with E-state index >= 15 is 0 Å². The molecule has 1 nitrogen and oxygen atoms in total. The number of aryl methyl sites for hydroxylation is 1. The normalized spacial score (nSPS) is 10.4. The zero-order valence-electron chi connectivity index (χ0n) is 9.71. The average Bonchev–Trinajstić information content (AvgIpc) is 2.36. The summed E-state index contributed by atoms with van der Waals surface area (Å²) in [5.41, 5.74) is 1.49. The summed E-state index contributed by atoms with van der Waals surface area (Å²) in [6.07, 6.45) is 0.